The van der Waals surface area contributed by atoms with Crippen molar-refractivity contribution >= 4 is 37.2 Å². The molecule has 0 aliphatic carbocycles. The quantitative estimate of drug-likeness (QED) is 0.335. The molecule has 1 rings (SSSR count). The summed E-state index contributed by atoms with van der Waals surface area (Å²) in [5.41, 5.74) is -0.0390. The Morgan fingerprint density at radius 3 is 2.15 bits per heavy atom. The first-order valence-electron chi connectivity index (χ1n) is 5.90. The predicted octanol–water partition coefficient (Wildman–Crippen LogP) is 2.71. The van der Waals surface area contributed by atoms with Gasteiger partial charge in [0.15, 0.2) is 19.3 Å². The van der Waals surface area contributed by atoms with Gasteiger partial charge in [-0.2, -0.15) is 0 Å². The van der Waals surface area contributed by atoms with Crippen molar-refractivity contribution in [2.45, 2.75) is 23.9 Å². The van der Waals surface area contributed by atoms with Crippen LogP contribution < -0.4 is 0 Å². The van der Waals surface area contributed by atoms with Gasteiger partial charge in [0.2, 0.25) is 0 Å². The van der Waals surface area contributed by atoms with Crippen molar-refractivity contribution in [3.63, 3.8) is 0 Å². The number of nitro benzene ring substituents is 1. The maximum Gasteiger partial charge on any atom is 0.269 e. The summed E-state index contributed by atoms with van der Waals surface area (Å²) in [7, 11) is -3.65. The third-order valence-corrected chi connectivity index (χ3v) is 7.63. The minimum atomic E-state index is -3.65. The van der Waals surface area contributed by atoms with Crippen LogP contribution in [0.5, 0.6) is 0 Å². The molecule has 0 heterocycles. The highest BCUT2D eigenvalue weighted by Crippen LogP contribution is 2.34. The van der Waals surface area contributed by atoms with Crippen LogP contribution in [0.3, 0.4) is 0 Å². The van der Waals surface area contributed by atoms with Crippen molar-refractivity contribution in [3.8, 4) is 0 Å². The van der Waals surface area contributed by atoms with Crippen molar-refractivity contribution in [2.75, 3.05) is 5.75 Å². The fourth-order valence-corrected chi connectivity index (χ4v) is 3.91. The number of halogens is 1. The van der Waals surface area contributed by atoms with Gasteiger partial charge in [0, 0.05) is 23.4 Å². The van der Waals surface area contributed by atoms with Crippen LogP contribution in [-0.2, 0) is 9.84 Å². The van der Waals surface area contributed by atoms with E-state index in [4.69, 9.17) is 0 Å². The molecule has 0 saturated heterocycles. The van der Waals surface area contributed by atoms with Gasteiger partial charge in [-0.05, 0) is 18.6 Å². The average molecular weight is 364 g/mol. The molecule has 0 N–H and O–H groups in total. The molecule has 1 atom stereocenters. The second-order valence-corrected chi connectivity index (χ2v) is 8.50. The fraction of sp³-hybridized carbons (Fsp3) is 0.417. The molecular formula is C12H14BrNO5S. The van der Waals surface area contributed by atoms with Gasteiger partial charge in [-0.3, -0.25) is 14.9 Å². The van der Waals surface area contributed by atoms with Gasteiger partial charge in [-0.1, -0.05) is 29.8 Å². The van der Waals surface area contributed by atoms with Gasteiger partial charge in [-0.15, -0.1) is 0 Å². The van der Waals surface area contributed by atoms with Crippen LogP contribution >= 0.6 is 15.9 Å². The van der Waals surface area contributed by atoms with Gasteiger partial charge in [0.25, 0.3) is 5.69 Å². The van der Waals surface area contributed by atoms with E-state index in [1.165, 1.54) is 31.2 Å². The summed E-state index contributed by atoms with van der Waals surface area (Å²) in [4.78, 5) is 22.4. The number of nitro groups is 1. The van der Waals surface area contributed by atoms with Gasteiger partial charge in [-0.25, -0.2) is 8.42 Å². The van der Waals surface area contributed by atoms with Gasteiger partial charge >= 0.3 is 0 Å². The van der Waals surface area contributed by atoms with E-state index in [0.29, 0.717) is 0 Å². The molecule has 8 heteroatoms. The topological polar surface area (TPSA) is 94.3 Å². The smallest absolute Gasteiger partial charge is 0.269 e. The van der Waals surface area contributed by atoms with Crippen molar-refractivity contribution in [1.82, 2.24) is 0 Å². The van der Waals surface area contributed by atoms with E-state index in [-0.39, 0.29) is 23.4 Å². The van der Waals surface area contributed by atoms with Crippen LogP contribution in [0, 0.1) is 10.1 Å². The third kappa shape index (κ3) is 2.90. The molecule has 0 bridgehead atoms. The Morgan fingerprint density at radius 1 is 1.30 bits per heavy atom. The summed E-state index contributed by atoms with van der Waals surface area (Å²) < 4.78 is 22.4. The van der Waals surface area contributed by atoms with E-state index in [0.717, 1.165) is 0 Å². The number of Topliss-reactive ketones (excluding diaryl/α,β-unsaturated/α-hetero) is 1. The highest BCUT2D eigenvalue weighted by atomic mass is 79.9. The molecule has 20 heavy (non-hydrogen) atoms. The second kappa shape index (κ2) is 6.01. The predicted molar refractivity (Wildman–Crippen MR) is 78.8 cm³/mol. The Labute approximate surface area is 125 Å². The Balaban J connectivity index is 3.25. The maximum absolute atomic E-state index is 12.4. The zero-order valence-electron chi connectivity index (χ0n) is 11.0. The first-order valence-corrected chi connectivity index (χ1v) is 8.34. The van der Waals surface area contributed by atoms with E-state index in [2.05, 4.69) is 15.9 Å². The van der Waals surface area contributed by atoms with Crippen molar-refractivity contribution in [3.05, 3.63) is 39.9 Å². The van der Waals surface area contributed by atoms with Crippen molar-refractivity contribution < 1.29 is 18.1 Å². The van der Waals surface area contributed by atoms with Crippen molar-refractivity contribution in [1.29, 1.82) is 0 Å². The molecule has 0 unspecified atom stereocenters. The van der Waals surface area contributed by atoms with Crippen molar-refractivity contribution in [2.24, 2.45) is 0 Å². The molecule has 1 aromatic carbocycles. The average Bonchev–Trinajstić information content (AvgIpc) is 2.45. The van der Waals surface area contributed by atoms with E-state index in [1.54, 1.807) is 6.92 Å². The Hall–Kier alpha value is -1.28. The number of sulfone groups is 1. The standard InChI is InChI=1S/C12H14BrNO5S/c1-3-12(13,20(18,19)4-2)11(15)9-5-7-10(8-6-9)14(16)17/h5-8H,3-4H2,1-2H3/t12-/m0/s1. The Morgan fingerprint density at radius 2 is 1.80 bits per heavy atom. The zero-order chi connectivity index (χ0) is 15.6. The summed E-state index contributed by atoms with van der Waals surface area (Å²) >= 11 is 3.04. The molecule has 110 valence electrons. The van der Waals surface area contributed by atoms with Gasteiger partial charge in [0.05, 0.1) is 4.92 Å². The first kappa shape index (κ1) is 16.8. The largest absolute Gasteiger partial charge is 0.291 e. The number of hydrogen-bond donors (Lipinski definition) is 0. The van der Waals surface area contributed by atoms with E-state index in [9.17, 15) is 23.3 Å². The lowest BCUT2D eigenvalue weighted by atomic mass is 10.1. The van der Waals surface area contributed by atoms with Crippen LogP contribution in [-0.4, -0.2) is 28.5 Å². The number of nitrogens with zero attached hydrogens (tertiary/aromatic N) is 1. The molecule has 0 saturated carbocycles. The van der Waals surface area contributed by atoms with E-state index in [1.807, 2.05) is 0 Å². The minimum Gasteiger partial charge on any atom is -0.291 e. The van der Waals surface area contributed by atoms with Gasteiger partial charge < -0.3 is 0 Å². The summed E-state index contributed by atoms with van der Waals surface area (Å²) in [6.07, 6.45) is 0.0684. The summed E-state index contributed by atoms with van der Waals surface area (Å²) in [6, 6.07) is 4.87. The van der Waals surface area contributed by atoms with Crippen LogP contribution in [0.25, 0.3) is 0 Å². The Kier molecular flexibility index (Phi) is 5.04. The number of non-ortho nitro benzene ring substituents is 1. The summed E-state index contributed by atoms with van der Waals surface area (Å²) in [5, 5.41) is 10.6. The van der Waals surface area contributed by atoms with Crippen LogP contribution in [0.2, 0.25) is 0 Å². The lowest BCUT2D eigenvalue weighted by Crippen LogP contribution is -2.41. The fourth-order valence-electron chi connectivity index (χ4n) is 1.70. The molecule has 0 radical (unpaired) electrons. The number of benzene rings is 1. The number of carbonyl (C=O) groups is 1. The lowest BCUT2D eigenvalue weighted by Gasteiger charge is -2.23. The molecule has 0 amide bonds. The lowest BCUT2D eigenvalue weighted by molar-refractivity contribution is -0.384. The van der Waals surface area contributed by atoms with Gasteiger partial charge in [0.1, 0.15) is 0 Å². The summed E-state index contributed by atoms with van der Waals surface area (Å²) in [5.74, 6) is -0.790. The van der Waals surface area contributed by atoms with E-state index >= 15 is 0 Å². The molecule has 0 aliphatic rings. The van der Waals surface area contributed by atoms with Crippen LogP contribution in [0.15, 0.2) is 24.3 Å². The minimum absolute atomic E-state index is 0.0684. The molecule has 0 aliphatic heterocycles. The molecule has 0 fully saturated rings. The molecule has 0 spiro atoms. The van der Waals surface area contributed by atoms with E-state index < -0.39 is 24.2 Å². The molecule has 6 nitrogen and oxygen atoms in total. The monoisotopic (exact) mass is 363 g/mol. The molecule has 0 aromatic heterocycles. The number of hydrogen-bond acceptors (Lipinski definition) is 5. The third-order valence-electron chi connectivity index (χ3n) is 3.01. The van der Waals surface area contributed by atoms with Crippen LogP contribution in [0.4, 0.5) is 5.69 Å². The maximum atomic E-state index is 12.4. The Bertz CT molecular complexity index is 626. The van der Waals surface area contributed by atoms with Crippen LogP contribution in [0.1, 0.15) is 30.6 Å². The number of alkyl halides is 1. The molecular weight excluding hydrogens is 350 g/mol. The number of ketones is 1. The highest BCUT2D eigenvalue weighted by Gasteiger charge is 2.45. The molecule has 1 aromatic rings. The number of carbonyl (C=O) groups excluding carboxylic acids is 1. The zero-order valence-corrected chi connectivity index (χ0v) is 13.4. The normalized spacial score (nSPS) is 14.6. The second-order valence-electron chi connectivity index (χ2n) is 4.12. The SMILES string of the molecule is CC[C@@](Br)(C(=O)c1ccc([N+](=O)[O-])cc1)S(=O)(=O)CC. The first-order chi connectivity index (χ1) is 9.19. The summed E-state index contributed by atoms with van der Waals surface area (Å²) in [6.45, 7) is 3.05. The highest BCUT2D eigenvalue weighted by molar-refractivity contribution is 9.12. The number of rotatable bonds is 6.